The van der Waals surface area contributed by atoms with E-state index in [9.17, 15) is 17.1 Å². The van der Waals surface area contributed by atoms with E-state index in [1.807, 2.05) is 5.38 Å². The van der Waals surface area contributed by atoms with E-state index in [1.165, 1.54) is 11.3 Å². The van der Waals surface area contributed by atoms with Crippen LogP contribution in [0.25, 0.3) is 0 Å². The summed E-state index contributed by atoms with van der Waals surface area (Å²) in [6.07, 6.45) is 0.704. The molecule has 1 atom stereocenters. The van der Waals surface area contributed by atoms with E-state index < -0.39 is 21.9 Å². The third-order valence-corrected chi connectivity index (χ3v) is 5.59. The monoisotopic (exact) mass is 349 g/mol. The third-order valence-electron chi connectivity index (χ3n) is 3.71. The van der Waals surface area contributed by atoms with E-state index >= 15 is 0 Å². The smallest absolute Gasteiger partial charge is 0.302 e. The summed E-state index contributed by atoms with van der Waals surface area (Å²) in [5.41, 5.74) is 0. The largest absolute Gasteiger partial charge is 0.485 e. The molecule has 2 aliphatic heterocycles. The molecule has 6 nitrogen and oxygen atoms in total. The van der Waals surface area contributed by atoms with E-state index in [2.05, 4.69) is 0 Å². The van der Waals surface area contributed by atoms with Gasteiger partial charge in [0.2, 0.25) is 5.91 Å². The van der Waals surface area contributed by atoms with Crippen LogP contribution in [0.15, 0.2) is 5.38 Å². The van der Waals surface area contributed by atoms with Crippen LogP contribution in [0.2, 0.25) is 0 Å². The van der Waals surface area contributed by atoms with Gasteiger partial charge < -0.3 is 14.4 Å². The highest BCUT2D eigenvalue weighted by Crippen LogP contribution is 2.39. The minimum atomic E-state index is -4.54. The Morgan fingerprint density at radius 1 is 1.36 bits per heavy atom. The maximum Gasteiger partial charge on any atom is 0.302 e. The van der Waals surface area contributed by atoms with Crippen LogP contribution in [0.4, 0.5) is 3.89 Å². The minimum Gasteiger partial charge on any atom is -0.485 e. The molecule has 2 aliphatic rings. The fourth-order valence-electron chi connectivity index (χ4n) is 2.79. The lowest BCUT2D eigenvalue weighted by Gasteiger charge is -2.18. The maximum atomic E-state index is 12.7. The zero-order valence-electron chi connectivity index (χ0n) is 11.8. The van der Waals surface area contributed by atoms with Crippen molar-refractivity contribution < 1.29 is 26.6 Å². The number of ether oxygens (including phenoxy) is 2. The van der Waals surface area contributed by atoms with E-state index in [-0.39, 0.29) is 18.9 Å². The van der Waals surface area contributed by atoms with Crippen LogP contribution in [0.3, 0.4) is 0 Å². The molecule has 1 aromatic heterocycles. The Bertz CT molecular complexity index is 672. The summed E-state index contributed by atoms with van der Waals surface area (Å²) in [6, 6.07) is 0. The van der Waals surface area contributed by atoms with Crippen LogP contribution in [0.1, 0.15) is 11.3 Å². The van der Waals surface area contributed by atoms with Crippen LogP contribution in [0.5, 0.6) is 11.5 Å². The molecule has 0 spiro atoms. The molecule has 1 fully saturated rings. The molecule has 9 heteroatoms. The molecule has 1 saturated heterocycles. The average molecular weight is 349 g/mol. The third kappa shape index (κ3) is 3.52. The molecule has 122 valence electrons. The summed E-state index contributed by atoms with van der Waals surface area (Å²) in [6.45, 7) is 1.80. The highest BCUT2D eigenvalue weighted by molar-refractivity contribution is 7.86. The van der Waals surface area contributed by atoms with Crippen molar-refractivity contribution in [2.24, 2.45) is 5.92 Å². The predicted octanol–water partition coefficient (Wildman–Crippen LogP) is 1.21. The summed E-state index contributed by atoms with van der Waals surface area (Å²) >= 11 is 1.52. The van der Waals surface area contributed by atoms with Crippen molar-refractivity contribution in [3.8, 4) is 11.5 Å². The number of nitrogens with zero attached hydrogens (tertiary/aromatic N) is 1. The average Bonchev–Trinajstić information content (AvgIpc) is 2.98. The summed E-state index contributed by atoms with van der Waals surface area (Å²) in [5, 5.41) is 1.88. The summed E-state index contributed by atoms with van der Waals surface area (Å²) in [4.78, 5) is 14.5. The number of rotatable bonds is 5. The predicted molar refractivity (Wildman–Crippen MR) is 78.6 cm³/mol. The first-order chi connectivity index (χ1) is 10.4. The van der Waals surface area contributed by atoms with E-state index in [0.717, 1.165) is 16.4 Å². The number of carbonyl (C=O) groups is 1. The highest BCUT2D eigenvalue weighted by atomic mass is 32.3. The van der Waals surface area contributed by atoms with Gasteiger partial charge in [0.1, 0.15) is 13.2 Å². The van der Waals surface area contributed by atoms with Crippen molar-refractivity contribution in [3.63, 3.8) is 0 Å². The van der Waals surface area contributed by atoms with Crippen LogP contribution >= 0.6 is 11.3 Å². The fraction of sp³-hybridized carbons (Fsp3) is 0.615. The molecule has 0 bridgehead atoms. The molecule has 0 N–H and O–H groups in total. The Balaban J connectivity index is 1.58. The summed E-state index contributed by atoms with van der Waals surface area (Å²) < 4.78 is 45.1. The second kappa shape index (κ2) is 6.04. The molecule has 22 heavy (non-hydrogen) atoms. The highest BCUT2D eigenvalue weighted by Gasteiger charge is 2.32. The van der Waals surface area contributed by atoms with Gasteiger partial charge in [-0.3, -0.25) is 4.79 Å². The van der Waals surface area contributed by atoms with Gasteiger partial charge in [-0.05, 0) is 0 Å². The van der Waals surface area contributed by atoms with Crippen molar-refractivity contribution in [1.29, 1.82) is 0 Å². The van der Waals surface area contributed by atoms with Crippen molar-refractivity contribution in [3.05, 3.63) is 10.3 Å². The molecule has 0 radical (unpaired) electrons. The van der Waals surface area contributed by atoms with Crippen LogP contribution in [0, 0.1) is 5.92 Å². The summed E-state index contributed by atoms with van der Waals surface area (Å²) in [7, 11) is -4.54. The normalized spacial score (nSPS) is 21.4. The second-order valence-electron chi connectivity index (χ2n) is 5.41. The quantitative estimate of drug-likeness (QED) is 0.747. The molecule has 0 saturated carbocycles. The van der Waals surface area contributed by atoms with Crippen LogP contribution < -0.4 is 9.47 Å². The molecule has 1 unspecified atom stereocenters. The first-order valence-electron chi connectivity index (χ1n) is 6.98. The number of halogens is 1. The Hall–Kier alpha value is -1.35. The molecular formula is C13H16FNO5S2. The summed E-state index contributed by atoms with van der Waals surface area (Å²) in [5.74, 6) is 0.308. The Kier molecular flexibility index (Phi) is 4.26. The number of likely N-dealkylation sites (tertiary alicyclic amines) is 1. The molecule has 3 heterocycles. The van der Waals surface area contributed by atoms with Gasteiger partial charge in [-0.2, -0.15) is 8.42 Å². The molecule has 0 aliphatic carbocycles. The van der Waals surface area contributed by atoms with Crippen molar-refractivity contribution in [2.75, 3.05) is 32.1 Å². The van der Waals surface area contributed by atoms with Gasteiger partial charge in [0.05, 0.1) is 10.6 Å². The number of carbonyl (C=O) groups excluding carboxylic acids is 1. The number of fused-ring (bicyclic) bond motifs is 1. The van der Waals surface area contributed by atoms with Gasteiger partial charge in [-0.15, -0.1) is 15.2 Å². The van der Waals surface area contributed by atoms with Gasteiger partial charge in [-0.25, -0.2) is 0 Å². The lowest BCUT2D eigenvalue weighted by atomic mass is 10.1. The van der Waals surface area contributed by atoms with Gasteiger partial charge in [0.15, 0.2) is 11.5 Å². The van der Waals surface area contributed by atoms with E-state index in [0.29, 0.717) is 26.2 Å². The maximum absolute atomic E-state index is 12.7. The van der Waals surface area contributed by atoms with Gasteiger partial charge in [0, 0.05) is 37.2 Å². The minimum absolute atomic E-state index is 0.0886. The van der Waals surface area contributed by atoms with Crippen molar-refractivity contribution in [1.82, 2.24) is 4.90 Å². The van der Waals surface area contributed by atoms with Crippen molar-refractivity contribution >= 4 is 27.5 Å². The first-order valence-corrected chi connectivity index (χ1v) is 9.41. The topological polar surface area (TPSA) is 72.9 Å². The molecule has 3 rings (SSSR count). The van der Waals surface area contributed by atoms with Gasteiger partial charge in [-0.1, -0.05) is 0 Å². The molecular weight excluding hydrogens is 333 g/mol. The number of amides is 1. The van der Waals surface area contributed by atoms with E-state index in [4.69, 9.17) is 9.47 Å². The van der Waals surface area contributed by atoms with Crippen LogP contribution in [-0.2, 0) is 21.4 Å². The zero-order chi connectivity index (χ0) is 15.7. The zero-order valence-corrected chi connectivity index (χ0v) is 13.4. The Morgan fingerprint density at radius 2 is 2.14 bits per heavy atom. The number of thiophene rings is 1. The van der Waals surface area contributed by atoms with E-state index in [1.54, 1.807) is 4.90 Å². The number of hydrogen-bond donors (Lipinski definition) is 0. The lowest BCUT2D eigenvalue weighted by molar-refractivity contribution is -0.127. The Morgan fingerprint density at radius 3 is 2.91 bits per heavy atom. The van der Waals surface area contributed by atoms with Crippen molar-refractivity contribution in [2.45, 2.75) is 12.8 Å². The van der Waals surface area contributed by atoms with Crippen LogP contribution in [-0.4, -0.2) is 51.3 Å². The Labute approximate surface area is 132 Å². The number of hydrogen-bond acceptors (Lipinski definition) is 6. The van der Waals surface area contributed by atoms with Gasteiger partial charge >= 0.3 is 10.2 Å². The molecule has 0 aromatic carbocycles. The SMILES string of the molecule is O=C1CC(CS(=O)(=O)F)CN1CCc1scc2c1OCCO2. The standard InChI is InChI=1S/C13H16FNO5S2/c14-22(17,18)8-9-5-12(16)15(6-9)2-1-11-13-10(7-21-11)19-3-4-20-13/h7,9H,1-6,8H2. The first kappa shape index (κ1) is 15.5. The lowest BCUT2D eigenvalue weighted by Crippen LogP contribution is -2.28. The second-order valence-corrected chi connectivity index (χ2v) is 7.79. The van der Waals surface area contributed by atoms with Gasteiger partial charge in [0.25, 0.3) is 0 Å². The molecule has 1 amide bonds. The molecule has 1 aromatic rings. The fourth-order valence-corrected chi connectivity index (χ4v) is 4.47.